The van der Waals surface area contributed by atoms with Crippen LogP contribution in [0.2, 0.25) is 5.15 Å². The number of sulfonamides is 1. The number of terminal acetylenes is 1. The Bertz CT molecular complexity index is 762. The van der Waals surface area contributed by atoms with Crippen molar-refractivity contribution in [2.24, 2.45) is 0 Å². The van der Waals surface area contributed by atoms with E-state index in [9.17, 15) is 8.42 Å². The molecule has 1 N–H and O–H groups in total. The highest BCUT2D eigenvalue weighted by molar-refractivity contribution is 7.89. The third kappa shape index (κ3) is 2.80. The largest absolute Gasteiger partial charge is 0.288 e. The molecule has 0 aromatic carbocycles. The Morgan fingerprint density at radius 3 is 2.95 bits per heavy atom. The minimum atomic E-state index is -3.83. The van der Waals surface area contributed by atoms with E-state index in [0.717, 1.165) is 6.42 Å². The standard InChI is InChI=1S/C13H14ClN3O2S/c1-3-7-10(4-2)16-20(18,19)13-12(14)15-11-8-5-6-9-17(11)13/h2,5-6,8-10,16H,3,7H2,1H3. The molecule has 2 aromatic rings. The third-order valence-corrected chi connectivity index (χ3v) is 4.65. The molecule has 0 aliphatic rings. The molecule has 0 saturated carbocycles. The molecule has 1 atom stereocenters. The zero-order chi connectivity index (χ0) is 14.8. The third-order valence-electron chi connectivity index (χ3n) is 2.78. The monoisotopic (exact) mass is 311 g/mol. The highest BCUT2D eigenvalue weighted by Gasteiger charge is 2.26. The summed E-state index contributed by atoms with van der Waals surface area (Å²) in [5.74, 6) is 2.43. The number of hydrogen-bond acceptors (Lipinski definition) is 3. The molecule has 20 heavy (non-hydrogen) atoms. The maximum absolute atomic E-state index is 12.4. The van der Waals surface area contributed by atoms with Crippen molar-refractivity contribution in [3.8, 4) is 12.3 Å². The van der Waals surface area contributed by atoms with Gasteiger partial charge in [0.25, 0.3) is 10.0 Å². The Balaban J connectivity index is 2.47. The number of nitrogens with zero attached hydrogens (tertiary/aromatic N) is 2. The fourth-order valence-electron chi connectivity index (χ4n) is 1.89. The van der Waals surface area contributed by atoms with E-state index < -0.39 is 16.1 Å². The van der Waals surface area contributed by atoms with Gasteiger partial charge in [-0.25, -0.2) is 13.4 Å². The number of nitrogens with one attached hydrogen (secondary N) is 1. The molecule has 0 aliphatic heterocycles. The fraction of sp³-hybridized carbons (Fsp3) is 0.308. The molecular formula is C13H14ClN3O2S. The summed E-state index contributed by atoms with van der Waals surface area (Å²) in [5.41, 5.74) is 0.464. The van der Waals surface area contributed by atoms with Crippen molar-refractivity contribution in [3.63, 3.8) is 0 Å². The van der Waals surface area contributed by atoms with Crippen molar-refractivity contribution >= 4 is 27.3 Å². The summed E-state index contributed by atoms with van der Waals surface area (Å²) in [7, 11) is -3.83. The number of rotatable bonds is 5. The van der Waals surface area contributed by atoms with Gasteiger partial charge in [-0.2, -0.15) is 4.72 Å². The summed E-state index contributed by atoms with van der Waals surface area (Å²) in [6.07, 6.45) is 8.26. The lowest BCUT2D eigenvalue weighted by Crippen LogP contribution is -2.34. The van der Waals surface area contributed by atoms with Gasteiger partial charge in [-0.1, -0.05) is 36.9 Å². The first-order valence-electron chi connectivity index (χ1n) is 6.10. The van der Waals surface area contributed by atoms with Gasteiger partial charge < -0.3 is 0 Å². The van der Waals surface area contributed by atoms with Gasteiger partial charge >= 0.3 is 0 Å². The molecule has 7 heteroatoms. The molecule has 106 valence electrons. The van der Waals surface area contributed by atoms with Gasteiger partial charge in [-0.15, -0.1) is 6.42 Å². The highest BCUT2D eigenvalue weighted by Crippen LogP contribution is 2.22. The smallest absolute Gasteiger partial charge is 0.260 e. The molecule has 0 spiro atoms. The van der Waals surface area contributed by atoms with Gasteiger partial charge in [0, 0.05) is 6.20 Å². The molecule has 0 radical (unpaired) electrons. The number of fused-ring (bicyclic) bond motifs is 1. The van der Waals surface area contributed by atoms with Gasteiger partial charge in [0.2, 0.25) is 0 Å². The van der Waals surface area contributed by atoms with Crippen LogP contribution < -0.4 is 4.72 Å². The first kappa shape index (κ1) is 14.9. The summed E-state index contributed by atoms with van der Waals surface area (Å²) in [6.45, 7) is 1.93. The van der Waals surface area contributed by atoms with Crippen LogP contribution in [0.3, 0.4) is 0 Å². The number of imidazole rings is 1. The minimum absolute atomic E-state index is 0.0732. The minimum Gasteiger partial charge on any atom is -0.288 e. The van der Waals surface area contributed by atoms with E-state index in [-0.39, 0.29) is 10.2 Å². The molecule has 2 heterocycles. The van der Waals surface area contributed by atoms with Crippen molar-refractivity contribution in [1.82, 2.24) is 14.1 Å². The quantitative estimate of drug-likeness (QED) is 0.860. The van der Waals surface area contributed by atoms with Gasteiger partial charge in [0.1, 0.15) is 5.65 Å². The Kier molecular flexibility index (Phi) is 4.33. The van der Waals surface area contributed by atoms with E-state index in [4.69, 9.17) is 18.0 Å². The van der Waals surface area contributed by atoms with Crippen LogP contribution in [0.1, 0.15) is 19.8 Å². The van der Waals surface area contributed by atoms with Crippen LogP contribution in [0.5, 0.6) is 0 Å². The van der Waals surface area contributed by atoms with Crippen molar-refractivity contribution < 1.29 is 8.42 Å². The zero-order valence-electron chi connectivity index (χ0n) is 10.9. The second-order valence-electron chi connectivity index (χ2n) is 4.27. The predicted octanol–water partition coefficient (Wildman–Crippen LogP) is 2.07. The van der Waals surface area contributed by atoms with Crippen LogP contribution in [0.4, 0.5) is 0 Å². The van der Waals surface area contributed by atoms with E-state index >= 15 is 0 Å². The fourth-order valence-corrected chi connectivity index (χ4v) is 3.73. The second-order valence-corrected chi connectivity index (χ2v) is 6.25. The number of hydrogen-bond donors (Lipinski definition) is 1. The molecule has 1 unspecified atom stereocenters. The molecule has 0 aliphatic carbocycles. The summed E-state index contributed by atoms with van der Waals surface area (Å²) in [6, 6.07) is 4.57. The highest BCUT2D eigenvalue weighted by atomic mass is 35.5. The summed E-state index contributed by atoms with van der Waals surface area (Å²) >= 11 is 5.95. The molecule has 0 saturated heterocycles. The van der Waals surface area contributed by atoms with Gasteiger partial charge in [0.05, 0.1) is 6.04 Å². The summed E-state index contributed by atoms with van der Waals surface area (Å²) in [4.78, 5) is 4.02. The first-order valence-corrected chi connectivity index (χ1v) is 7.96. The van der Waals surface area contributed by atoms with Crippen LogP contribution in [-0.2, 0) is 10.0 Å². The van der Waals surface area contributed by atoms with E-state index in [0.29, 0.717) is 12.1 Å². The molecule has 2 aromatic heterocycles. The van der Waals surface area contributed by atoms with E-state index in [1.165, 1.54) is 4.40 Å². The van der Waals surface area contributed by atoms with Crippen molar-refractivity contribution in [2.45, 2.75) is 30.8 Å². The van der Waals surface area contributed by atoms with Crippen LogP contribution >= 0.6 is 11.6 Å². The van der Waals surface area contributed by atoms with Crippen LogP contribution in [-0.4, -0.2) is 23.8 Å². The van der Waals surface area contributed by atoms with Crippen LogP contribution in [0, 0.1) is 12.3 Å². The lowest BCUT2D eigenvalue weighted by Gasteiger charge is -2.12. The molecule has 2 rings (SSSR count). The van der Waals surface area contributed by atoms with Gasteiger partial charge in [-0.3, -0.25) is 4.40 Å². The Morgan fingerprint density at radius 2 is 2.30 bits per heavy atom. The Morgan fingerprint density at radius 1 is 1.55 bits per heavy atom. The van der Waals surface area contributed by atoms with Gasteiger partial charge in [0.15, 0.2) is 10.2 Å². The lowest BCUT2D eigenvalue weighted by molar-refractivity contribution is 0.560. The van der Waals surface area contributed by atoms with Crippen molar-refractivity contribution in [2.75, 3.05) is 0 Å². The lowest BCUT2D eigenvalue weighted by atomic mass is 10.2. The average molecular weight is 312 g/mol. The number of aromatic nitrogens is 2. The first-order chi connectivity index (χ1) is 9.49. The molecule has 5 nitrogen and oxygen atoms in total. The molecule has 0 amide bonds. The number of halogens is 1. The average Bonchev–Trinajstić information content (AvgIpc) is 2.74. The molecule has 0 fully saturated rings. The summed E-state index contributed by atoms with van der Waals surface area (Å²) in [5, 5.41) is -0.165. The van der Waals surface area contributed by atoms with E-state index in [1.807, 2.05) is 6.92 Å². The predicted molar refractivity (Wildman–Crippen MR) is 78.1 cm³/mol. The Labute approximate surface area is 123 Å². The van der Waals surface area contributed by atoms with Gasteiger partial charge in [-0.05, 0) is 18.6 Å². The van der Waals surface area contributed by atoms with E-state index in [2.05, 4.69) is 15.6 Å². The van der Waals surface area contributed by atoms with Crippen LogP contribution in [0.15, 0.2) is 29.4 Å². The second kappa shape index (κ2) is 5.83. The maximum atomic E-state index is 12.4. The number of pyridine rings is 1. The Hall–Kier alpha value is -1.55. The molecule has 0 bridgehead atoms. The van der Waals surface area contributed by atoms with E-state index in [1.54, 1.807) is 24.4 Å². The van der Waals surface area contributed by atoms with Crippen molar-refractivity contribution in [1.29, 1.82) is 0 Å². The van der Waals surface area contributed by atoms with Crippen molar-refractivity contribution in [3.05, 3.63) is 29.5 Å². The van der Waals surface area contributed by atoms with Crippen LogP contribution in [0.25, 0.3) is 5.65 Å². The summed E-state index contributed by atoms with van der Waals surface area (Å²) < 4.78 is 28.7. The zero-order valence-corrected chi connectivity index (χ0v) is 12.4. The SMILES string of the molecule is C#CC(CCC)NS(=O)(=O)c1c(Cl)nc2ccccn12. The normalized spacial score (nSPS) is 13.2. The molecular weight excluding hydrogens is 298 g/mol. The topological polar surface area (TPSA) is 63.5 Å². The maximum Gasteiger partial charge on any atom is 0.260 e.